The number of amides is 2. The zero-order valence-corrected chi connectivity index (χ0v) is 19.3. The molecular formula is C23H22ClN3O4S. The summed E-state index contributed by atoms with van der Waals surface area (Å²) in [5, 5.41) is 5.32. The van der Waals surface area contributed by atoms with Gasteiger partial charge in [-0.25, -0.2) is 8.42 Å². The second-order valence-electron chi connectivity index (χ2n) is 7.28. The van der Waals surface area contributed by atoms with Crippen LogP contribution in [0.5, 0.6) is 0 Å². The second-order valence-corrected chi connectivity index (χ2v) is 9.34. The molecule has 0 radical (unpaired) electrons. The molecule has 0 heterocycles. The average molecular weight is 472 g/mol. The van der Waals surface area contributed by atoms with E-state index in [9.17, 15) is 18.0 Å². The number of halogens is 1. The van der Waals surface area contributed by atoms with E-state index < -0.39 is 15.9 Å². The summed E-state index contributed by atoms with van der Waals surface area (Å²) < 4.78 is 28.4. The topological polar surface area (TPSA) is 104 Å². The van der Waals surface area contributed by atoms with E-state index in [1.54, 1.807) is 43.3 Å². The van der Waals surface area contributed by atoms with E-state index in [1.807, 2.05) is 13.0 Å². The number of aryl methyl sites for hydroxylation is 2. The maximum atomic E-state index is 13.0. The number of carbonyl (C=O) groups excluding carboxylic acids is 2. The Hall–Kier alpha value is -3.36. The van der Waals surface area contributed by atoms with Crippen molar-refractivity contribution in [1.29, 1.82) is 0 Å². The molecule has 0 saturated heterocycles. The molecule has 32 heavy (non-hydrogen) atoms. The number of carbonyl (C=O) groups is 2. The highest BCUT2D eigenvalue weighted by atomic mass is 35.5. The first-order chi connectivity index (χ1) is 15.0. The summed E-state index contributed by atoms with van der Waals surface area (Å²) in [5.74, 6) is -0.706. The van der Waals surface area contributed by atoms with Gasteiger partial charge >= 0.3 is 0 Å². The zero-order chi connectivity index (χ0) is 23.5. The summed E-state index contributed by atoms with van der Waals surface area (Å²) in [6, 6.07) is 15.9. The standard InChI is InChI=1S/C23H22ClN3O4S/c1-14-4-11-21(15(2)12-14)27-32(30,31)22-13-17(5-10-20(22)24)23(29)26-19-8-6-18(7-9-19)25-16(3)28/h4-13,27H,1-3H3,(H,25,28)(H,26,29). The highest BCUT2D eigenvalue weighted by Crippen LogP contribution is 2.27. The highest BCUT2D eigenvalue weighted by Gasteiger charge is 2.21. The third-order valence-corrected chi connectivity index (χ3v) is 6.42. The molecule has 0 aliphatic carbocycles. The van der Waals surface area contributed by atoms with Gasteiger partial charge in [-0.2, -0.15) is 0 Å². The molecule has 3 rings (SSSR count). The number of nitrogens with one attached hydrogen (secondary N) is 3. The Morgan fingerprint density at radius 1 is 0.844 bits per heavy atom. The lowest BCUT2D eigenvalue weighted by molar-refractivity contribution is -0.114. The largest absolute Gasteiger partial charge is 0.326 e. The predicted octanol–water partition coefficient (Wildman–Crippen LogP) is 4.97. The second kappa shape index (κ2) is 9.42. The van der Waals surface area contributed by atoms with Gasteiger partial charge in [0.2, 0.25) is 5.91 Å². The zero-order valence-electron chi connectivity index (χ0n) is 17.7. The lowest BCUT2D eigenvalue weighted by Crippen LogP contribution is -2.17. The molecule has 0 saturated carbocycles. The van der Waals surface area contributed by atoms with Gasteiger partial charge in [0, 0.05) is 23.9 Å². The van der Waals surface area contributed by atoms with Crippen molar-refractivity contribution in [3.63, 3.8) is 0 Å². The van der Waals surface area contributed by atoms with Crippen LogP contribution >= 0.6 is 11.6 Å². The minimum absolute atomic E-state index is 0.00141. The number of benzene rings is 3. The molecule has 3 aromatic rings. The van der Waals surface area contributed by atoms with Crippen LogP contribution < -0.4 is 15.4 Å². The number of rotatable bonds is 6. The van der Waals surface area contributed by atoms with Crippen molar-refractivity contribution in [1.82, 2.24) is 0 Å². The van der Waals surface area contributed by atoms with Gasteiger partial charge in [-0.3, -0.25) is 14.3 Å². The molecule has 0 fully saturated rings. The van der Waals surface area contributed by atoms with E-state index in [4.69, 9.17) is 11.6 Å². The first-order valence-corrected chi connectivity index (χ1v) is 11.5. The lowest BCUT2D eigenvalue weighted by Gasteiger charge is -2.13. The molecule has 0 aliphatic rings. The van der Waals surface area contributed by atoms with Crippen LogP contribution in [0.2, 0.25) is 5.02 Å². The van der Waals surface area contributed by atoms with Crippen molar-refractivity contribution >= 4 is 50.5 Å². The minimum atomic E-state index is -4.03. The van der Waals surface area contributed by atoms with Crippen molar-refractivity contribution in [2.24, 2.45) is 0 Å². The lowest BCUT2D eigenvalue weighted by atomic mass is 10.1. The van der Waals surface area contributed by atoms with Crippen molar-refractivity contribution in [2.45, 2.75) is 25.7 Å². The highest BCUT2D eigenvalue weighted by molar-refractivity contribution is 7.92. The predicted molar refractivity (Wildman–Crippen MR) is 127 cm³/mol. The number of hydrogen-bond acceptors (Lipinski definition) is 4. The Kier molecular flexibility index (Phi) is 6.86. The van der Waals surface area contributed by atoms with Crippen LogP contribution in [-0.4, -0.2) is 20.2 Å². The summed E-state index contributed by atoms with van der Waals surface area (Å²) in [6.45, 7) is 5.11. The summed E-state index contributed by atoms with van der Waals surface area (Å²) in [6.07, 6.45) is 0. The monoisotopic (exact) mass is 471 g/mol. The van der Waals surface area contributed by atoms with Gasteiger partial charge in [0.05, 0.1) is 10.7 Å². The molecule has 0 unspecified atom stereocenters. The van der Waals surface area contributed by atoms with Crippen molar-refractivity contribution < 1.29 is 18.0 Å². The molecule has 3 aromatic carbocycles. The normalized spacial score (nSPS) is 11.0. The Morgan fingerprint density at radius 3 is 2.06 bits per heavy atom. The maximum Gasteiger partial charge on any atom is 0.263 e. The maximum absolute atomic E-state index is 13.0. The third-order valence-electron chi connectivity index (χ3n) is 4.57. The van der Waals surface area contributed by atoms with E-state index in [0.717, 1.165) is 11.1 Å². The van der Waals surface area contributed by atoms with E-state index in [1.165, 1.54) is 25.1 Å². The van der Waals surface area contributed by atoms with Crippen LogP contribution in [0.1, 0.15) is 28.4 Å². The van der Waals surface area contributed by atoms with Crippen molar-refractivity contribution in [3.8, 4) is 0 Å². The van der Waals surface area contributed by atoms with Gasteiger partial charge in [-0.1, -0.05) is 29.3 Å². The van der Waals surface area contributed by atoms with Crippen LogP contribution in [-0.2, 0) is 14.8 Å². The van der Waals surface area contributed by atoms with Gasteiger partial charge in [0.15, 0.2) is 0 Å². The van der Waals surface area contributed by atoms with Gasteiger partial charge < -0.3 is 10.6 Å². The summed E-state index contributed by atoms with van der Waals surface area (Å²) in [7, 11) is -4.03. The Balaban J connectivity index is 1.82. The van der Waals surface area contributed by atoms with Crippen LogP contribution in [0, 0.1) is 13.8 Å². The molecular weight excluding hydrogens is 450 g/mol. The fourth-order valence-electron chi connectivity index (χ4n) is 3.02. The Bertz CT molecular complexity index is 1290. The van der Waals surface area contributed by atoms with Crippen LogP contribution in [0.4, 0.5) is 17.1 Å². The van der Waals surface area contributed by atoms with Gasteiger partial charge in [0.25, 0.3) is 15.9 Å². The quantitative estimate of drug-likeness (QED) is 0.472. The van der Waals surface area contributed by atoms with E-state index >= 15 is 0 Å². The SMILES string of the molecule is CC(=O)Nc1ccc(NC(=O)c2ccc(Cl)c(S(=O)(=O)Nc3ccc(C)cc3C)c2)cc1. The molecule has 2 amide bonds. The molecule has 0 spiro atoms. The molecule has 0 aliphatic heterocycles. The Morgan fingerprint density at radius 2 is 1.47 bits per heavy atom. The van der Waals surface area contributed by atoms with E-state index in [2.05, 4.69) is 15.4 Å². The van der Waals surface area contributed by atoms with E-state index in [-0.39, 0.29) is 21.4 Å². The summed E-state index contributed by atoms with van der Waals surface area (Å²) in [5.41, 5.74) is 3.40. The van der Waals surface area contributed by atoms with Crippen molar-refractivity contribution in [2.75, 3.05) is 15.4 Å². The fourth-order valence-corrected chi connectivity index (χ4v) is 4.68. The van der Waals surface area contributed by atoms with Crippen molar-refractivity contribution in [3.05, 3.63) is 82.4 Å². The molecule has 3 N–H and O–H groups in total. The third kappa shape index (κ3) is 5.66. The molecule has 0 bridgehead atoms. The fraction of sp³-hybridized carbons (Fsp3) is 0.130. The number of sulfonamides is 1. The summed E-state index contributed by atoms with van der Waals surface area (Å²) >= 11 is 6.15. The van der Waals surface area contributed by atoms with E-state index in [0.29, 0.717) is 17.1 Å². The number of hydrogen-bond donors (Lipinski definition) is 3. The van der Waals surface area contributed by atoms with Gasteiger partial charge in [-0.15, -0.1) is 0 Å². The number of anilines is 3. The van der Waals surface area contributed by atoms with Gasteiger partial charge in [-0.05, 0) is 67.9 Å². The van der Waals surface area contributed by atoms with Crippen LogP contribution in [0.3, 0.4) is 0 Å². The molecule has 7 nitrogen and oxygen atoms in total. The van der Waals surface area contributed by atoms with Crippen LogP contribution in [0.25, 0.3) is 0 Å². The summed E-state index contributed by atoms with van der Waals surface area (Å²) in [4.78, 5) is 23.6. The Labute approximate surface area is 191 Å². The average Bonchev–Trinajstić information content (AvgIpc) is 2.71. The molecule has 166 valence electrons. The smallest absolute Gasteiger partial charge is 0.263 e. The van der Waals surface area contributed by atoms with Gasteiger partial charge in [0.1, 0.15) is 4.90 Å². The first kappa shape index (κ1) is 23.3. The minimum Gasteiger partial charge on any atom is -0.326 e. The molecule has 9 heteroatoms. The molecule has 0 aromatic heterocycles. The first-order valence-electron chi connectivity index (χ1n) is 9.64. The van der Waals surface area contributed by atoms with Crippen LogP contribution in [0.15, 0.2) is 65.6 Å². The molecule has 0 atom stereocenters.